The second-order valence-corrected chi connectivity index (χ2v) is 8.11. The van der Waals surface area contributed by atoms with Gasteiger partial charge in [0.2, 0.25) is 15.9 Å². The number of carbonyl (C=O) groups excluding carboxylic acids is 1. The minimum atomic E-state index is -4.21. The molecular weight excluding hydrogens is 356 g/mol. The molecule has 1 amide bonds. The van der Waals surface area contributed by atoms with Crippen molar-refractivity contribution < 1.29 is 22.0 Å². The molecule has 1 heterocycles. The zero-order valence-electron chi connectivity index (χ0n) is 12.3. The fraction of sp³-hybridized carbons (Fsp3) is 0.188. The van der Waals surface area contributed by atoms with E-state index in [4.69, 9.17) is 0 Å². The van der Waals surface area contributed by atoms with Crippen LogP contribution in [-0.4, -0.2) is 20.1 Å². The predicted molar refractivity (Wildman–Crippen MR) is 87.0 cm³/mol. The lowest BCUT2D eigenvalue weighted by Crippen LogP contribution is -2.35. The van der Waals surface area contributed by atoms with Gasteiger partial charge >= 0.3 is 0 Å². The summed E-state index contributed by atoms with van der Waals surface area (Å²) in [5, 5.41) is 0. The molecular formula is C16H13F2NO3S2. The molecule has 3 rings (SSSR count). The highest BCUT2D eigenvalue weighted by Crippen LogP contribution is 2.39. The zero-order chi connectivity index (χ0) is 17.3. The molecule has 0 spiro atoms. The fourth-order valence-corrected chi connectivity index (χ4v) is 4.91. The Labute approximate surface area is 142 Å². The molecule has 1 aliphatic rings. The van der Waals surface area contributed by atoms with E-state index in [9.17, 15) is 22.0 Å². The molecule has 4 nitrogen and oxygen atoms in total. The Hall–Kier alpha value is -1.93. The van der Waals surface area contributed by atoms with E-state index in [0.717, 1.165) is 28.7 Å². The van der Waals surface area contributed by atoms with Crippen molar-refractivity contribution in [2.24, 2.45) is 0 Å². The number of nitrogens with one attached hydrogen (secondary N) is 1. The van der Waals surface area contributed by atoms with Gasteiger partial charge in [0.25, 0.3) is 0 Å². The lowest BCUT2D eigenvalue weighted by atomic mass is 10.0. The van der Waals surface area contributed by atoms with Gasteiger partial charge < -0.3 is 0 Å². The number of benzene rings is 2. The number of carbonyl (C=O) groups is 1. The Morgan fingerprint density at radius 1 is 1.12 bits per heavy atom. The summed E-state index contributed by atoms with van der Waals surface area (Å²) in [6.07, 6.45) is 0. The molecule has 0 saturated heterocycles. The monoisotopic (exact) mass is 369 g/mol. The van der Waals surface area contributed by atoms with Crippen molar-refractivity contribution in [2.45, 2.75) is 16.6 Å². The van der Waals surface area contributed by atoms with Gasteiger partial charge in [0.15, 0.2) is 0 Å². The summed E-state index contributed by atoms with van der Waals surface area (Å²) in [5.74, 6) is -3.73. The standard InChI is InChI=1S/C16H13F2NO3S2/c17-13-5-3-6-14(18)12(13)9-24(21,22)19-16(20)11-8-23-15-7-2-1-4-10(11)15/h1-7,11H,8-9H2,(H,19,20)/t11-/m1/s1. The number of amides is 1. The van der Waals surface area contributed by atoms with E-state index in [1.165, 1.54) is 11.8 Å². The van der Waals surface area contributed by atoms with Gasteiger partial charge in [0.05, 0.1) is 5.92 Å². The van der Waals surface area contributed by atoms with Crippen LogP contribution in [0.1, 0.15) is 17.0 Å². The van der Waals surface area contributed by atoms with Crippen LogP contribution < -0.4 is 4.72 Å². The van der Waals surface area contributed by atoms with Gasteiger partial charge in [-0.25, -0.2) is 17.2 Å². The lowest BCUT2D eigenvalue weighted by Gasteiger charge is -2.12. The lowest BCUT2D eigenvalue weighted by molar-refractivity contribution is -0.120. The van der Waals surface area contributed by atoms with E-state index in [2.05, 4.69) is 0 Å². The first-order valence-corrected chi connectivity index (χ1v) is 9.70. The second kappa shape index (κ2) is 6.52. The Morgan fingerprint density at radius 3 is 2.50 bits per heavy atom. The third kappa shape index (κ3) is 3.44. The summed E-state index contributed by atoms with van der Waals surface area (Å²) in [7, 11) is -4.21. The van der Waals surface area contributed by atoms with Crippen molar-refractivity contribution in [1.82, 2.24) is 4.72 Å². The highest BCUT2D eigenvalue weighted by molar-refractivity contribution is 7.99. The van der Waals surface area contributed by atoms with Gasteiger partial charge in [-0.3, -0.25) is 9.52 Å². The third-order valence-corrected chi connectivity index (χ3v) is 6.03. The summed E-state index contributed by atoms with van der Waals surface area (Å²) < 4.78 is 53.3. The van der Waals surface area contributed by atoms with Crippen LogP contribution in [0.5, 0.6) is 0 Å². The normalized spacial score (nSPS) is 16.7. The van der Waals surface area contributed by atoms with E-state index in [1.54, 1.807) is 12.1 Å². The Morgan fingerprint density at radius 2 is 1.79 bits per heavy atom. The smallest absolute Gasteiger partial charge is 0.241 e. The van der Waals surface area contributed by atoms with Gasteiger partial charge in [-0.2, -0.15) is 0 Å². The molecule has 1 aliphatic heterocycles. The molecule has 2 aromatic carbocycles. The quantitative estimate of drug-likeness (QED) is 0.900. The van der Waals surface area contributed by atoms with E-state index in [-0.39, 0.29) is 0 Å². The first kappa shape index (κ1) is 16.9. The maximum Gasteiger partial charge on any atom is 0.241 e. The third-order valence-electron chi connectivity index (χ3n) is 3.67. The summed E-state index contributed by atoms with van der Waals surface area (Å²) in [4.78, 5) is 13.2. The molecule has 0 radical (unpaired) electrons. The number of sulfonamides is 1. The largest absolute Gasteiger partial charge is 0.273 e. The van der Waals surface area contributed by atoms with Crippen LogP contribution in [0.15, 0.2) is 47.4 Å². The zero-order valence-corrected chi connectivity index (χ0v) is 14.0. The molecule has 24 heavy (non-hydrogen) atoms. The average Bonchev–Trinajstić information content (AvgIpc) is 2.95. The molecule has 8 heteroatoms. The van der Waals surface area contributed by atoms with Gasteiger partial charge in [0.1, 0.15) is 17.4 Å². The topological polar surface area (TPSA) is 63.2 Å². The predicted octanol–water partition coefficient (Wildman–Crippen LogP) is 2.80. The molecule has 0 bridgehead atoms. The number of thioether (sulfide) groups is 1. The van der Waals surface area contributed by atoms with E-state index >= 15 is 0 Å². The van der Waals surface area contributed by atoms with Gasteiger partial charge in [-0.05, 0) is 23.8 Å². The van der Waals surface area contributed by atoms with Crippen LogP contribution in [0.4, 0.5) is 8.78 Å². The maximum atomic E-state index is 13.6. The first-order valence-electron chi connectivity index (χ1n) is 7.06. The highest BCUT2D eigenvalue weighted by atomic mass is 32.2. The van der Waals surface area contributed by atoms with Crippen LogP contribution >= 0.6 is 11.8 Å². The molecule has 0 unspecified atom stereocenters. The average molecular weight is 369 g/mol. The molecule has 0 fully saturated rings. The van der Waals surface area contributed by atoms with Gasteiger partial charge in [-0.15, -0.1) is 11.8 Å². The number of fused-ring (bicyclic) bond motifs is 1. The van der Waals surface area contributed by atoms with Gasteiger partial charge in [-0.1, -0.05) is 24.3 Å². The SMILES string of the molecule is O=C(NS(=O)(=O)Cc1c(F)cccc1F)[C@@H]1CSc2ccccc21. The van der Waals surface area contributed by atoms with E-state index in [1.807, 2.05) is 16.9 Å². The Balaban J connectivity index is 1.77. The van der Waals surface area contributed by atoms with Crippen LogP contribution in [0.25, 0.3) is 0 Å². The number of halogens is 2. The molecule has 2 aromatic rings. The molecule has 0 aromatic heterocycles. The Kier molecular flexibility index (Phi) is 4.60. The van der Waals surface area contributed by atoms with Crippen LogP contribution in [0.2, 0.25) is 0 Å². The summed E-state index contributed by atoms with van der Waals surface area (Å²) in [6, 6.07) is 10.3. The van der Waals surface area contributed by atoms with Gasteiger partial charge in [0, 0.05) is 16.2 Å². The minimum absolute atomic E-state index is 0.425. The minimum Gasteiger partial charge on any atom is -0.273 e. The first-order chi connectivity index (χ1) is 11.4. The van der Waals surface area contributed by atoms with Crippen molar-refractivity contribution in [3.63, 3.8) is 0 Å². The summed E-state index contributed by atoms with van der Waals surface area (Å²) in [5.41, 5.74) is 0.172. The van der Waals surface area contributed by atoms with Crippen LogP contribution in [-0.2, 0) is 20.6 Å². The number of hydrogen-bond acceptors (Lipinski definition) is 4. The molecule has 0 aliphatic carbocycles. The molecule has 1 atom stereocenters. The fourth-order valence-electron chi connectivity index (χ4n) is 2.50. The van der Waals surface area contributed by atoms with Crippen molar-refractivity contribution in [3.8, 4) is 0 Å². The molecule has 126 valence electrons. The summed E-state index contributed by atoms with van der Waals surface area (Å²) in [6.45, 7) is 0. The summed E-state index contributed by atoms with van der Waals surface area (Å²) >= 11 is 1.46. The number of rotatable bonds is 4. The number of hydrogen-bond donors (Lipinski definition) is 1. The second-order valence-electron chi connectivity index (χ2n) is 5.33. The van der Waals surface area contributed by atoms with Crippen LogP contribution in [0.3, 0.4) is 0 Å². The van der Waals surface area contributed by atoms with E-state index < -0.39 is 44.8 Å². The maximum absolute atomic E-state index is 13.6. The van der Waals surface area contributed by atoms with Crippen molar-refractivity contribution >= 4 is 27.7 Å². The van der Waals surface area contributed by atoms with E-state index in [0.29, 0.717) is 5.75 Å². The molecule has 0 saturated carbocycles. The van der Waals surface area contributed by atoms with Crippen molar-refractivity contribution in [3.05, 3.63) is 65.2 Å². The molecule has 1 N–H and O–H groups in total. The van der Waals surface area contributed by atoms with Crippen molar-refractivity contribution in [1.29, 1.82) is 0 Å². The van der Waals surface area contributed by atoms with Crippen molar-refractivity contribution in [2.75, 3.05) is 5.75 Å². The highest BCUT2D eigenvalue weighted by Gasteiger charge is 2.31. The van der Waals surface area contributed by atoms with Crippen LogP contribution in [0, 0.1) is 11.6 Å². The Bertz CT molecular complexity index is 880.